The van der Waals surface area contributed by atoms with Gasteiger partial charge in [-0.25, -0.2) is 0 Å². The highest BCUT2D eigenvalue weighted by Gasteiger charge is 2.09. The van der Waals surface area contributed by atoms with E-state index in [1.54, 1.807) is 0 Å². The summed E-state index contributed by atoms with van der Waals surface area (Å²) in [6.07, 6.45) is 0. The van der Waals surface area contributed by atoms with Gasteiger partial charge in [0.15, 0.2) is 0 Å². The van der Waals surface area contributed by atoms with Crippen LogP contribution in [0.15, 0.2) is 30.3 Å². The van der Waals surface area contributed by atoms with Crippen LogP contribution in [-0.2, 0) is 11.3 Å². The van der Waals surface area contributed by atoms with E-state index >= 15 is 0 Å². The topological polar surface area (TPSA) is 44.0 Å². The van der Waals surface area contributed by atoms with Crippen molar-refractivity contribution in [2.75, 3.05) is 26.3 Å². The summed E-state index contributed by atoms with van der Waals surface area (Å²) in [6.45, 7) is 4.95. The molecule has 0 radical (unpaired) electrons. The fourth-order valence-corrected chi connectivity index (χ4v) is 1.60. The second kappa shape index (κ2) is 5.75. The van der Waals surface area contributed by atoms with Crippen LogP contribution in [0, 0.1) is 0 Å². The van der Waals surface area contributed by atoms with Crippen molar-refractivity contribution in [2.24, 2.45) is 0 Å². The molecule has 0 spiro atoms. The van der Waals surface area contributed by atoms with E-state index in [9.17, 15) is 0 Å². The van der Waals surface area contributed by atoms with Crippen molar-refractivity contribution in [2.45, 2.75) is 6.54 Å². The minimum Gasteiger partial charge on any atom is -0.412 e. The summed E-state index contributed by atoms with van der Waals surface area (Å²) in [6, 6.07) is 10.6. The van der Waals surface area contributed by atoms with Crippen molar-refractivity contribution in [3.8, 4) is 0 Å². The summed E-state index contributed by atoms with van der Waals surface area (Å²) in [5.41, 5.74) is 1.39. The van der Waals surface area contributed by atoms with Crippen molar-refractivity contribution in [3.05, 3.63) is 35.9 Å². The summed E-state index contributed by atoms with van der Waals surface area (Å²) < 4.78 is 5.30. The zero-order chi connectivity index (χ0) is 8.93. The Hall–Kier alpha value is -0.900. The van der Waals surface area contributed by atoms with Gasteiger partial charge >= 0.3 is 0 Å². The SMILES string of the molecule is O.c1ccc(CN2CCOCC2)cc1. The molecule has 0 aliphatic carbocycles. The number of hydrogen-bond donors (Lipinski definition) is 0. The van der Waals surface area contributed by atoms with Gasteiger partial charge in [-0.2, -0.15) is 0 Å². The molecule has 0 amide bonds. The van der Waals surface area contributed by atoms with E-state index in [1.165, 1.54) is 5.56 Å². The minimum atomic E-state index is 0. The number of morpholine rings is 1. The number of nitrogens with zero attached hydrogens (tertiary/aromatic N) is 1. The number of rotatable bonds is 2. The van der Waals surface area contributed by atoms with Crippen LogP contribution < -0.4 is 0 Å². The van der Waals surface area contributed by atoms with Gasteiger partial charge in [0.05, 0.1) is 13.2 Å². The molecular formula is C11H17NO2. The lowest BCUT2D eigenvalue weighted by molar-refractivity contribution is 0.0342. The quantitative estimate of drug-likeness (QED) is 0.697. The predicted octanol–water partition coefficient (Wildman–Crippen LogP) is 0.694. The standard InChI is InChI=1S/C11H15NO.H2O/c1-2-4-11(5-3-1)10-12-6-8-13-9-7-12;/h1-5H,6-10H2;1H2. The van der Waals surface area contributed by atoms with Gasteiger partial charge in [0.2, 0.25) is 0 Å². The average Bonchev–Trinajstić information content (AvgIpc) is 2.21. The molecule has 0 bridgehead atoms. The van der Waals surface area contributed by atoms with Crippen LogP contribution in [0.5, 0.6) is 0 Å². The van der Waals surface area contributed by atoms with Crippen LogP contribution in [-0.4, -0.2) is 36.7 Å². The van der Waals surface area contributed by atoms with Crippen LogP contribution in [0.2, 0.25) is 0 Å². The fraction of sp³-hybridized carbons (Fsp3) is 0.455. The lowest BCUT2D eigenvalue weighted by Crippen LogP contribution is -2.35. The van der Waals surface area contributed by atoms with Crippen LogP contribution in [0.4, 0.5) is 0 Å². The monoisotopic (exact) mass is 195 g/mol. The number of benzene rings is 1. The van der Waals surface area contributed by atoms with E-state index in [-0.39, 0.29) is 5.48 Å². The van der Waals surface area contributed by atoms with Gasteiger partial charge in [0.1, 0.15) is 0 Å². The average molecular weight is 195 g/mol. The zero-order valence-electron chi connectivity index (χ0n) is 8.28. The fourth-order valence-electron chi connectivity index (χ4n) is 1.60. The van der Waals surface area contributed by atoms with Gasteiger partial charge in [-0.3, -0.25) is 4.90 Å². The summed E-state index contributed by atoms with van der Waals surface area (Å²) in [5, 5.41) is 0. The highest BCUT2D eigenvalue weighted by Crippen LogP contribution is 2.05. The van der Waals surface area contributed by atoms with E-state index < -0.39 is 0 Å². The molecule has 1 heterocycles. The zero-order valence-corrected chi connectivity index (χ0v) is 8.28. The van der Waals surface area contributed by atoms with E-state index in [4.69, 9.17) is 4.74 Å². The lowest BCUT2D eigenvalue weighted by Gasteiger charge is -2.26. The Labute approximate surface area is 84.6 Å². The Kier molecular flexibility index (Phi) is 4.59. The maximum absolute atomic E-state index is 5.30. The molecule has 2 N–H and O–H groups in total. The van der Waals surface area contributed by atoms with Gasteiger partial charge in [-0.15, -0.1) is 0 Å². The first-order valence-corrected chi connectivity index (χ1v) is 4.79. The van der Waals surface area contributed by atoms with E-state index in [1.807, 2.05) is 0 Å². The molecular weight excluding hydrogens is 178 g/mol. The first-order chi connectivity index (χ1) is 6.45. The van der Waals surface area contributed by atoms with E-state index in [0.717, 1.165) is 32.8 Å². The molecule has 2 rings (SSSR count). The molecule has 3 nitrogen and oxygen atoms in total. The molecule has 0 saturated carbocycles. The summed E-state index contributed by atoms with van der Waals surface area (Å²) >= 11 is 0. The van der Waals surface area contributed by atoms with Crippen molar-refractivity contribution in [1.82, 2.24) is 4.90 Å². The minimum absolute atomic E-state index is 0. The summed E-state index contributed by atoms with van der Waals surface area (Å²) in [4.78, 5) is 2.43. The normalized spacial score (nSPS) is 17.4. The second-order valence-corrected chi connectivity index (χ2v) is 3.37. The summed E-state index contributed by atoms with van der Waals surface area (Å²) in [7, 11) is 0. The summed E-state index contributed by atoms with van der Waals surface area (Å²) in [5.74, 6) is 0. The van der Waals surface area contributed by atoms with Crippen LogP contribution in [0.25, 0.3) is 0 Å². The third kappa shape index (κ3) is 3.10. The Morgan fingerprint density at radius 3 is 2.36 bits per heavy atom. The predicted molar refractivity (Wildman–Crippen MR) is 56.2 cm³/mol. The van der Waals surface area contributed by atoms with Gasteiger partial charge in [0.25, 0.3) is 0 Å². The molecule has 14 heavy (non-hydrogen) atoms. The highest BCUT2D eigenvalue weighted by atomic mass is 16.5. The van der Waals surface area contributed by atoms with Crippen molar-refractivity contribution >= 4 is 0 Å². The Morgan fingerprint density at radius 1 is 1.07 bits per heavy atom. The van der Waals surface area contributed by atoms with Crippen LogP contribution in [0.1, 0.15) is 5.56 Å². The van der Waals surface area contributed by atoms with Gasteiger partial charge in [-0.05, 0) is 5.56 Å². The molecule has 0 aromatic heterocycles. The van der Waals surface area contributed by atoms with Gasteiger partial charge in [0, 0.05) is 19.6 Å². The van der Waals surface area contributed by atoms with Crippen molar-refractivity contribution in [3.63, 3.8) is 0 Å². The molecule has 1 aliphatic rings. The highest BCUT2D eigenvalue weighted by molar-refractivity contribution is 5.14. The molecule has 1 aromatic rings. The number of ether oxygens (including phenoxy) is 1. The van der Waals surface area contributed by atoms with Crippen molar-refractivity contribution in [1.29, 1.82) is 0 Å². The Morgan fingerprint density at radius 2 is 1.71 bits per heavy atom. The smallest absolute Gasteiger partial charge is 0.0594 e. The van der Waals surface area contributed by atoms with E-state index in [2.05, 4.69) is 35.2 Å². The Bertz CT molecular complexity index is 245. The molecule has 0 atom stereocenters. The lowest BCUT2D eigenvalue weighted by atomic mass is 10.2. The Balaban J connectivity index is 0.000000980. The molecule has 1 fully saturated rings. The van der Waals surface area contributed by atoms with Crippen LogP contribution in [0.3, 0.4) is 0 Å². The van der Waals surface area contributed by atoms with Gasteiger partial charge < -0.3 is 10.2 Å². The van der Waals surface area contributed by atoms with E-state index in [0.29, 0.717) is 0 Å². The largest absolute Gasteiger partial charge is 0.412 e. The third-order valence-corrected chi connectivity index (χ3v) is 2.35. The molecule has 1 saturated heterocycles. The van der Waals surface area contributed by atoms with Gasteiger partial charge in [-0.1, -0.05) is 30.3 Å². The maximum Gasteiger partial charge on any atom is 0.0594 e. The van der Waals surface area contributed by atoms with Crippen molar-refractivity contribution < 1.29 is 10.2 Å². The molecule has 0 unspecified atom stereocenters. The molecule has 78 valence electrons. The maximum atomic E-state index is 5.30. The van der Waals surface area contributed by atoms with Crippen LogP contribution >= 0.6 is 0 Å². The third-order valence-electron chi connectivity index (χ3n) is 2.35. The molecule has 3 heteroatoms. The molecule has 1 aromatic carbocycles. The first-order valence-electron chi connectivity index (χ1n) is 4.79. The second-order valence-electron chi connectivity index (χ2n) is 3.37. The first kappa shape index (κ1) is 11.2. The number of hydrogen-bond acceptors (Lipinski definition) is 2. The molecule has 1 aliphatic heterocycles.